The molecule has 138 valence electrons. The molecule has 2 aromatic carbocycles. The highest BCUT2D eigenvalue weighted by molar-refractivity contribution is 6.30. The van der Waals surface area contributed by atoms with Gasteiger partial charge in [0.2, 0.25) is 0 Å². The van der Waals surface area contributed by atoms with Crippen molar-refractivity contribution < 1.29 is 13.9 Å². The van der Waals surface area contributed by atoms with Crippen LogP contribution < -0.4 is 20.7 Å². The van der Waals surface area contributed by atoms with Gasteiger partial charge in [-0.05, 0) is 48.9 Å². The number of amides is 2. The van der Waals surface area contributed by atoms with Crippen molar-refractivity contribution in [3.05, 3.63) is 58.9 Å². The summed E-state index contributed by atoms with van der Waals surface area (Å²) in [6.45, 7) is 1.36. The van der Waals surface area contributed by atoms with E-state index in [1.54, 1.807) is 36.4 Å². The maximum Gasteiger partial charge on any atom is 0.319 e. The zero-order chi connectivity index (χ0) is 18.5. The summed E-state index contributed by atoms with van der Waals surface area (Å²) < 4.78 is 19.5. The Hall–Kier alpha value is -2.31. The maximum absolute atomic E-state index is 14.5. The van der Waals surface area contributed by atoms with Gasteiger partial charge in [-0.25, -0.2) is 9.18 Å². The third-order valence-corrected chi connectivity index (χ3v) is 4.76. The van der Waals surface area contributed by atoms with Crippen LogP contribution in [0, 0.1) is 5.82 Å². The van der Waals surface area contributed by atoms with E-state index in [9.17, 15) is 9.18 Å². The van der Waals surface area contributed by atoms with E-state index in [1.165, 1.54) is 13.2 Å². The standard InChI is InChI=1S/C19H21ClFN3O2/c1-26-14-6-7-15(17(21)10-14)16-11-22-9-8-18(16)24-19(25)23-13-4-2-12(20)3-5-13/h2-7,10,16,18,22H,8-9,11H2,1H3,(H2,23,24,25)/t16?,18-/m1/s1. The Labute approximate surface area is 156 Å². The maximum atomic E-state index is 14.5. The lowest BCUT2D eigenvalue weighted by Gasteiger charge is -2.33. The zero-order valence-corrected chi connectivity index (χ0v) is 15.1. The lowest BCUT2D eigenvalue weighted by molar-refractivity contribution is 0.241. The second-order valence-electron chi connectivity index (χ2n) is 6.20. The average molecular weight is 378 g/mol. The van der Waals surface area contributed by atoms with Crippen molar-refractivity contribution in [3.63, 3.8) is 0 Å². The van der Waals surface area contributed by atoms with Gasteiger partial charge in [0.25, 0.3) is 0 Å². The van der Waals surface area contributed by atoms with Gasteiger partial charge in [-0.15, -0.1) is 0 Å². The number of carbonyl (C=O) groups excluding carboxylic acids is 1. The van der Waals surface area contributed by atoms with E-state index in [0.717, 1.165) is 6.54 Å². The topological polar surface area (TPSA) is 62.4 Å². The van der Waals surface area contributed by atoms with Crippen LogP contribution in [0.4, 0.5) is 14.9 Å². The number of carbonyl (C=O) groups is 1. The number of hydrogen-bond donors (Lipinski definition) is 3. The van der Waals surface area contributed by atoms with Gasteiger partial charge < -0.3 is 20.7 Å². The van der Waals surface area contributed by atoms with Crippen LogP contribution in [-0.4, -0.2) is 32.3 Å². The summed E-state index contributed by atoms with van der Waals surface area (Å²) in [6.07, 6.45) is 0.712. The molecule has 0 radical (unpaired) electrons. The Morgan fingerprint density at radius 2 is 2.04 bits per heavy atom. The van der Waals surface area contributed by atoms with Crippen LogP contribution in [0.5, 0.6) is 5.75 Å². The number of hydrogen-bond acceptors (Lipinski definition) is 3. The summed E-state index contributed by atoms with van der Waals surface area (Å²) >= 11 is 5.85. The quantitative estimate of drug-likeness (QED) is 0.760. The van der Waals surface area contributed by atoms with Crippen LogP contribution in [0.25, 0.3) is 0 Å². The number of methoxy groups -OCH3 is 1. The number of halogens is 2. The van der Waals surface area contributed by atoms with Crippen molar-refractivity contribution in [3.8, 4) is 5.75 Å². The average Bonchev–Trinajstić information content (AvgIpc) is 2.64. The molecule has 0 bridgehead atoms. The van der Waals surface area contributed by atoms with Crippen LogP contribution in [0.3, 0.4) is 0 Å². The van der Waals surface area contributed by atoms with Gasteiger partial charge in [0, 0.05) is 35.3 Å². The zero-order valence-electron chi connectivity index (χ0n) is 14.4. The molecule has 5 nitrogen and oxygen atoms in total. The Balaban J connectivity index is 1.70. The van der Waals surface area contributed by atoms with Crippen LogP contribution >= 0.6 is 11.6 Å². The van der Waals surface area contributed by atoms with Crippen LogP contribution in [0.15, 0.2) is 42.5 Å². The molecule has 1 unspecified atom stereocenters. The first kappa shape index (κ1) is 18.5. The van der Waals surface area contributed by atoms with Gasteiger partial charge in [-0.2, -0.15) is 0 Å². The van der Waals surface area contributed by atoms with Crippen molar-refractivity contribution in [1.29, 1.82) is 0 Å². The molecule has 2 aromatic rings. The molecule has 3 rings (SSSR count). The number of urea groups is 1. The smallest absolute Gasteiger partial charge is 0.319 e. The number of anilines is 1. The van der Waals surface area contributed by atoms with Gasteiger partial charge in [0.15, 0.2) is 0 Å². The van der Waals surface area contributed by atoms with Crippen molar-refractivity contribution in [2.75, 3.05) is 25.5 Å². The molecule has 1 fully saturated rings. The van der Waals surface area contributed by atoms with E-state index >= 15 is 0 Å². The molecule has 1 saturated heterocycles. The molecule has 0 aliphatic carbocycles. The molecular formula is C19H21ClFN3O2. The minimum absolute atomic E-state index is 0.161. The van der Waals surface area contributed by atoms with Gasteiger partial charge in [0.05, 0.1) is 7.11 Å². The third kappa shape index (κ3) is 4.45. The Morgan fingerprint density at radius 1 is 1.27 bits per heavy atom. The molecule has 0 aromatic heterocycles. The minimum Gasteiger partial charge on any atom is -0.497 e. The van der Waals surface area contributed by atoms with E-state index < -0.39 is 0 Å². The summed E-state index contributed by atoms with van der Waals surface area (Å²) in [5, 5.41) is 9.61. The Morgan fingerprint density at radius 3 is 2.73 bits per heavy atom. The number of benzene rings is 2. The summed E-state index contributed by atoms with van der Waals surface area (Å²) in [5.74, 6) is -0.0198. The second kappa shape index (κ2) is 8.38. The van der Waals surface area contributed by atoms with E-state index in [4.69, 9.17) is 16.3 Å². The lowest BCUT2D eigenvalue weighted by Crippen LogP contribution is -2.49. The van der Waals surface area contributed by atoms with Crippen molar-refractivity contribution >= 4 is 23.3 Å². The van der Waals surface area contributed by atoms with Gasteiger partial charge in [-0.1, -0.05) is 17.7 Å². The van der Waals surface area contributed by atoms with Crippen LogP contribution in [0.1, 0.15) is 17.9 Å². The highest BCUT2D eigenvalue weighted by Crippen LogP contribution is 2.28. The fourth-order valence-electron chi connectivity index (χ4n) is 3.16. The molecule has 1 aliphatic heterocycles. The number of ether oxygens (including phenoxy) is 1. The van der Waals surface area contributed by atoms with Gasteiger partial charge in [-0.3, -0.25) is 0 Å². The summed E-state index contributed by atoms with van der Waals surface area (Å²) in [7, 11) is 1.50. The Bertz CT molecular complexity index is 770. The van der Waals surface area contributed by atoms with E-state index in [0.29, 0.717) is 35.0 Å². The highest BCUT2D eigenvalue weighted by atomic mass is 35.5. The molecule has 2 amide bonds. The van der Waals surface area contributed by atoms with Crippen LogP contribution in [0.2, 0.25) is 5.02 Å². The van der Waals surface area contributed by atoms with E-state index in [2.05, 4.69) is 16.0 Å². The molecule has 0 saturated carbocycles. The molecule has 7 heteroatoms. The first-order chi connectivity index (χ1) is 12.6. The normalized spacial score (nSPS) is 19.7. The molecule has 2 atom stereocenters. The summed E-state index contributed by atoms with van der Waals surface area (Å²) in [5.41, 5.74) is 1.21. The number of rotatable bonds is 4. The van der Waals surface area contributed by atoms with Gasteiger partial charge >= 0.3 is 6.03 Å². The monoisotopic (exact) mass is 377 g/mol. The SMILES string of the molecule is COc1ccc(C2CNCC[C@H]2NC(=O)Nc2ccc(Cl)cc2)c(F)c1. The summed E-state index contributed by atoms with van der Waals surface area (Å²) in [4.78, 5) is 12.3. The number of piperidine rings is 1. The first-order valence-corrected chi connectivity index (χ1v) is 8.82. The second-order valence-corrected chi connectivity index (χ2v) is 6.64. The highest BCUT2D eigenvalue weighted by Gasteiger charge is 2.29. The molecule has 1 heterocycles. The van der Waals surface area contributed by atoms with E-state index in [-0.39, 0.29) is 23.8 Å². The number of nitrogens with one attached hydrogen (secondary N) is 3. The Kier molecular flexibility index (Phi) is 5.96. The minimum atomic E-state index is -0.331. The molecule has 3 N–H and O–H groups in total. The predicted molar refractivity (Wildman–Crippen MR) is 101 cm³/mol. The fourth-order valence-corrected chi connectivity index (χ4v) is 3.29. The van der Waals surface area contributed by atoms with Crippen LogP contribution in [-0.2, 0) is 0 Å². The molecule has 1 aliphatic rings. The fraction of sp³-hybridized carbons (Fsp3) is 0.316. The van der Waals surface area contributed by atoms with Crippen molar-refractivity contribution in [2.24, 2.45) is 0 Å². The third-order valence-electron chi connectivity index (χ3n) is 4.51. The molecule has 0 spiro atoms. The first-order valence-electron chi connectivity index (χ1n) is 8.44. The lowest BCUT2D eigenvalue weighted by atomic mass is 9.86. The van der Waals surface area contributed by atoms with Crippen molar-refractivity contribution in [2.45, 2.75) is 18.4 Å². The summed E-state index contributed by atoms with van der Waals surface area (Å²) in [6, 6.07) is 11.2. The molecule has 26 heavy (non-hydrogen) atoms. The van der Waals surface area contributed by atoms with E-state index in [1.807, 2.05) is 0 Å². The van der Waals surface area contributed by atoms with Gasteiger partial charge in [0.1, 0.15) is 11.6 Å². The molecular weight excluding hydrogens is 357 g/mol. The van der Waals surface area contributed by atoms with Crippen molar-refractivity contribution in [1.82, 2.24) is 10.6 Å². The predicted octanol–water partition coefficient (Wildman–Crippen LogP) is 3.75. The largest absolute Gasteiger partial charge is 0.497 e.